The standard InChI is InChI=1S/C14H15P/c1-11(15)13-9-5-6-10-14(13)12-7-3-2-4-8-12/h2-11H,15H2,1H3. The molecule has 0 fully saturated rings. The van der Waals surface area contributed by atoms with E-state index in [1.807, 2.05) is 0 Å². The fourth-order valence-electron chi connectivity index (χ4n) is 1.77. The average molecular weight is 214 g/mol. The van der Waals surface area contributed by atoms with Crippen LogP contribution in [0.1, 0.15) is 18.1 Å². The number of hydrogen-bond acceptors (Lipinski definition) is 0. The maximum Gasteiger partial charge on any atom is -0.00367 e. The van der Waals surface area contributed by atoms with Crippen LogP contribution in [0.5, 0.6) is 0 Å². The highest BCUT2D eigenvalue weighted by molar-refractivity contribution is 7.17. The molecule has 0 N–H and O–H groups in total. The van der Waals surface area contributed by atoms with Crippen molar-refractivity contribution in [3.63, 3.8) is 0 Å². The summed E-state index contributed by atoms with van der Waals surface area (Å²) in [6, 6.07) is 19.1. The zero-order valence-electron chi connectivity index (χ0n) is 8.85. The van der Waals surface area contributed by atoms with Crippen LogP contribution in [0, 0.1) is 0 Å². The second kappa shape index (κ2) is 4.59. The van der Waals surface area contributed by atoms with Gasteiger partial charge in [0, 0.05) is 0 Å². The van der Waals surface area contributed by atoms with Crippen molar-refractivity contribution in [2.75, 3.05) is 0 Å². The molecule has 0 heterocycles. The highest BCUT2D eigenvalue weighted by atomic mass is 31.0. The van der Waals surface area contributed by atoms with Crippen LogP contribution in [-0.4, -0.2) is 0 Å². The zero-order chi connectivity index (χ0) is 10.7. The molecule has 0 radical (unpaired) electrons. The summed E-state index contributed by atoms with van der Waals surface area (Å²) in [6.07, 6.45) is 0. The fourth-order valence-corrected chi connectivity index (χ4v) is 2.07. The molecule has 0 aliphatic heterocycles. The van der Waals surface area contributed by atoms with Crippen LogP contribution in [0.2, 0.25) is 0 Å². The van der Waals surface area contributed by atoms with Crippen LogP contribution in [0.3, 0.4) is 0 Å². The number of hydrogen-bond donors (Lipinski definition) is 0. The van der Waals surface area contributed by atoms with Crippen molar-refractivity contribution in [1.29, 1.82) is 0 Å². The highest BCUT2D eigenvalue weighted by Gasteiger charge is 2.06. The van der Waals surface area contributed by atoms with E-state index in [9.17, 15) is 0 Å². The molecule has 2 aromatic carbocycles. The van der Waals surface area contributed by atoms with E-state index in [0.29, 0.717) is 5.66 Å². The summed E-state index contributed by atoms with van der Waals surface area (Å²) in [5, 5.41) is 0. The lowest BCUT2D eigenvalue weighted by molar-refractivity contribution is 1.11. The van der Waals surface area contributed by atoms with E-state index in [1.54, 1.807) is 0 Å². The lowest BCUT2D eigenvalue weighted by atomic mass is 9.98. The molecule has 15 heavy (non-hydrogen) atoms. The van der Waals surface area contributed by atoms with Crippen LogP contribution in [-0.2, 0) is 0 Å². The Morgan fingerprint density at radius 1 is 0.867 bits per heavy atom. The lowest BCUT2D eigenvalue weighted by Gasteiger charge is -2.12. The van der Waals surface area contributed by atoms with Crippen molar-refractivity contribution in [2.24, 2.45) is 0 Å². The molecular weight excluding hydrogens is 199 g/mol. The Labute approximate surface area is 93.5 Å². The summed E-state index contributed by atoms with van der Waals surface area (Å²) in [6.45, 7) is 2.20. The van der Waals surface area contributed by atoms with Gasteiger partial charge in [-0.25, -0.2) is 0 Å². The molecule has 0 spiro atoms. The summed E-state index contributed by atoms with van der Waals surface area (Å²) in [5.74, 6) is 0. The van der Waals surface area contributed by atoms with E-state index in [-0.39, 0.29) is 0 Å². The predicted molar refractivity (Wildman–Crippen MR) is 70.0 cm³/mol. The Hall–Kier alpha value is -1.13. The minimum Gasteiger partial charge on any atom is -0.130 e. The van der Waals surface area contributed by atoms with Crippen LogP contribution in [0.4, 0.5) is 0 Å². The van der Waals surface area contributed by atoms with Gasteiger partial charge in [0.2, 0.25) is 0 Å². The minimum atomic E-state index is 0.487. The van der Waals surface area contributed by atoms with Crippen molar-refractivity contribution in [3.8, 4) is 11.1 Å². The summed E-state index contributed by atoms with van der Waals surface area (Å²) in [7, 11) is 2.86. The van der Waals surface area contributed by atoms with E-state index < -0.39 is 0 Å². The Balaban J connectivity index is 2.53. The molecule has 0 saturated carbocycles. The molecule has 0 saturated heterocycles. The van der Waals surface area contributed by atoms with Gasteiger partial charge >= 0.3 is 0 Å². The molecule has 0 amide bonds. The molecule has 2 rings (SSSR count). The summed E-state index contributed by atoms with van der Waals surface area (Å²) < 4.78 is 0. The smallest absolute Gasteiger partial charge is 0.00367 e. The molecular formula is C14H15P. The van der Waals surface area contributed by atoms with Crippen LogP contribution >= 0.6 is 9.24 Å². The molecule has 76 valence electrons. The average Bonchev–Trinajstić information content (AvgIpc) is 2.30. The number of rotatable bonds is 2. The molecule has 2 atom stereocenters. The highest BCUT2D eigenvalue weighted by Crippen LogP contribution is 2.31. The molecule has 0 aliphatic carbocycles. The fraction of sp³-hybridized carbons (Fsp3) is 0.143. The molecule has 1 heteroatoms. The molecule has 0 aliphatic rings. The Bertz CT molecular complexity index is 432. The first-order chi connectivity index (χ1) is 7.29. The second-order valence-corrected chi connectivity index (χ2v) is 4.74. The predicted octanol–water partition coefficient (Wildman–Crippen LogP) is 4.29. The quantitative estimate of drug-likeness (QED) is 0.654. The van der Waals surface area contributed by atoms with Gasteiger partial charge in [-0.05, 0) is 22.3 Å². The summed E-state index contributed by atoms with van der Waals surface area (Å²) >= 11 is 0. The molecule has 2 unspecified atom stereocenters. The van der Waals surface area contributed by atoms with E-state index in [4.69, 9.17) is 0 Å². The Morgan fingerprint density at radius 3 is 2.13 bits per heavy atom. The number of benzene rings is 2. The summed E-state index contributed by atoms with van der Waals surface area (Å²) in [5.41, 5.74) is 4.50. The van der Waals surface area contributed by atoms with Crippen LogP contribution < -0.4 is 0 Å². The van der Waals surface area contributed by atoms with Crippen molar-refractivity contribution < 1.29 is 0 Å². The summed E-state index contributed by atoms with van der Waals surface area (Å²) in [4.78, 5) is 0. The van der Waals surface area contributed by atoms with Crippen LogP contribution in [0.25, 0.3) is 11.1 Å². The maximum atomic E-state index is 2.86. The van der Waals surface area contributed by atoms with E-state index in [1.165, 1.54) is 16.7 Å². The minimum absolute atomic E-state index is 0.487. The van der Waals surface area contributed by atoms with Crippen molar-refractivity contribution in [1.82, 2.24) is 0 Å². The second-order valence-electron chi connectivity index (χ2n) is 3.74. The normalized spacial score (nSPS) is 12.4. The van der Waals surface area contributed by atoms with Gasteiger partial charge in [0.25, 0.3) is 0 Å². The first kappa shape index (κ1) is 10.4. The largest absolute Gasteiger partial charge is 0.130 e. The van der Waals surface area contributed by atoms with Gasteiger partial charge in [-0.15, -0.1) is 9.24 Å². The third kappa shape index (κ3) is 2.27. The first-order valence-electron chi connectivity index (χ1n) is 5.19. The lowest BCUT2D eigenvalue weighted by Crippen LogP contribution is -1.88. The monoisotopic (exact) mass is 214 g/mol. The molecule has 0 bridgehead atoms. The third-order valence-corrected chi connectivity index (χ3v) is 2.90. The van der Waals surface area contributed by atoms with Crippen molar-refractivity contribution >= 4 is 9.24 Å². The molecule has 0 nitrogen and oxygen atoms in total. The SMILES string of the molecule is CC(P)c1ccccc1-c1ccccc1. The van der Waals surface area contributed by atoms with Gasteiger partial charge in [0.1, 0.15) is 0 Å². The zero-order valence-corrected chi connectivity index (χ0v) is 10.0. The molecule has 2 aromatic rings. The van der Waals surface area contributed by atoms with Gasteiger partial charge in [0.15, 0.2) is 0 Å². The maximum absolute atomic E-state index is 2.86. The third-order valence-electron chi connectivity index (χ3n) is 2.54. The molecule has 0 aromatic heterocycles. The van der Waals surface area contributed by atoms with Gasteiger partial charge in [0.05, 0.1) is 0 Å². The van der Waals surface area contributed by atoms with Gasteiger partial charge in [-0.3, -0.25) is 0 Å². The Kier molecular flexibility index (Phi) is 3.18. The first-order valence-corrected chi connectivity index (χ1v) is 5.85. The van der Waals surface area contributed by atoms with Gasteiger partial charge < -0.3 is 0 Å². The van der Waals surface area contributed by atoms with E-state index in [2.05, 4.69) is 70.8 Å². The van der Waals surface area contributed by atoms with Gasteiger partial charge in [-0.1, -0.05) is 61.5 Å². The van der Waals surface area contributed by atoms with Crippen LogP contribution in [0.15, 0.2) is 54.6 Å². The Morgan fingerprint density at radius 2 is 1.47 bits per heavy atom. The van der Waals surface area contributed by atoms with Crippen molar-refractivity contribution in [3.05, 3.63) is 60.2 Å². The van der Waals surface area contributed by atoms with E-state index >= 15 is 0 Å². The van der Waals surface area contributed by atoms with E-state index in [0.717, 1.165) is 0 Å². The topological polar surface area (TPSA) is 0 Å². The van der Waals surface area contributed by atoms with Crippen molar-refractivity contribution in [2.45, 2.75) is 12.6 Å². The van der Waals surface area contributed by atoms with Gasteiger partial charge in [-0.2, -0.15) is 0 Å².